The molecule has 1 amide bonds. The van der Waals surface area contributed by atoms with E-state index in [2.05, 4.69) is 10.1 Å². The third-order valence-electron chi connectivity index (χ3n) is 4.54. The van der Waals surface area contributed by atoms with Gasteiger partial charge in [-0.25, -0.2) is 14.8 Å². The Morgan fingerprint density at radius 2 is 1.81 bits per heavy atom. The molecule has 0 spiro atoms. The van der Waals surface area contributed by atoms with Crippen LogP contribution >= 0.6 is 34.8 Å². The monoisotopic (exact) mass is 477 g/mol. The van der Waals surface area contributed by atoms with Gasteiger partial charge in [0.05, 0.1) is 17.5 Å². The quantitative estimate of drug-likeness (QED) is 0.373. The van der Waals surface area contributed by atoms with Gasteiger partial charge in [0, 0.05) is 11.4 Å². The maximum atomic E-state index is 12.9. The third kappa shape index (κ3) is 4.90. The van der Waals surface area contributed by atoms with Crippen LogP contribution < -0.4 is 0 Å². The van der Waals surface area contributed by atoms with Gasteiger partial charge < -0.3 is 9.15 Å². The Labute approximate surface area is 192 Å². The molecule has 4 rings (SSSR count). The van der Waals surface area contributed by atoms with Crippen molar-refractivity contribution >= 4 is 52.4 Å². The van der Waals surface area contributed by atoms with Gasteiger partial charge in [-0.15, -0.1) is 0 Å². The molecule has 1 aliphatic rings. The summed E-state index contributed by atoms with van der Waals surface area (Å²) in [7, 11) is 0. The standard InChI is InChI=1S/C21H14Cl3N3O4/c22-14-5-3-12(4-6-14)15-10-16(17-2-1-7-30-17)27(26-15)20(28)11-31-21(29)13-8-18(23)25-19(24)9-13/h1-9,16H,10-11H2. The lowest BCUT2D eigenvalue weighted by Gasteiger charge is -2.19. The highest BCUT2D eigenvalue weighted by atomic mass is 35.5. The molecule has 1 unspecified atom stereocenters. The van der Waals surface area contributed by atoms with E-state index in [1.165, 1.54) is 23.4 Å². The summed E-state index contributed by atoms with van der Waals surface area (Å²) in [5, 5.41) is 6.41. The Bertz CT molecular complexity index is 1130. The maximum Gasteiger partial charge on any atom is 0.338 e. The largest absolute Gasteiger partial charge is 0.467 e. The summed E-state index contributed by atoms with van der Waals surface area (Å²) >= 11 is 17.6. The van der Waals surface area contributed by atoms with Crippen molar-refractivity contribution in [1.82, 2.24) is 9.99 Å². The van der Waals surface area contributed by atoms with Crippen LogP contribution in [0.4, 0.5) is 0 Å². The van der Waals surface area contributed by atoms with Crippen LogP contribution in [0.1, 0.15) is 34.1 Å². The van der Waals surface area contributed by atoms with Crippen molar-refractivity contribution in [1.29, 1.82) is 0 Å². The number of rotatable bonds is 5. The predicted molar refractivity (Wildman–Crippen MR) is 115 cm³/mol. The first-order valence-electron chi connectivity index (χ1n) is 9.10. The lowest BCUT2D eigenvalue weighted by Crippen LogP contribution is -2.31. The summed E-state index contributed by atoms with van der Waals surface area (Å²) in [6.45, 7) is -0.523. The second-order valence-electron chi connectivity index (χ2n) is 6.60. The van der Waals surface area contributed by atoms with Crippen LogP contribution in [0.3, 0.4) is 0 Å². The number of aromatic nitrogens is 1. The number of ether oxygens (including phenoxy) is 1. The van der Waals surface area contributed by atoms with Gasteiger partial charge in [0.25, 0.3) is 5.91 Å². The number of hydrazone groups is 1. The molecule has 1 atom stereocenters. The number of hydrogen-bond acceptors (Lipinski definition) is 6. The van der Waals surface area contributed by atoms with Crippen LogP contribution in [-0.2, 0) is 9.53 Å². The highest BCUT2D eigenvalue weighted by Gasteiger charge is 2.35. The first-order chi connectivity index (χ1) is 14.9. The molecule has 0 saturated heterocycles. The minimum atomic E-state index is -0.754. The molecule has 1 aromatic carbocycles. The molecule has 7 nitrogen and oxygen atoms in total. The van der Waals surface area contributed by atoms with Crippen molar-refractivity contribution in [3.05, 3.63) is 87.0 Å². The molecule has 2 aromatic heterocycles. The fourth-order valence-corrected chi connectivity index (χ4v) is 3.71. The summed E-state index contributed by atoms with van der Waals surface area (Å²) in [6.07, 6.45) is 1.96. The fraction of sp³-hybridized carbons (Fsp3) is 0.143. The van der Waals surface area contributed by atoms with E-state index in [0.717, 1.165) is 5.56 Å². The van der Waals surface area contributed by atoms with E-state index in [9.17, 15) is 9.59 Å². The molecule has 0 aliphatic carbocycles. The van der Waals surface area contributed by atoms with Crippen LogP contribution in [0.2, 0.25) is 15.3 Å². The molecule has 158 valence electrons. The van der Waals surface area contributed by atoms with E-state index in [1.54, 1.807) is 24.3 Å². The van der Waals surface area contributed by atoms with E-state index in [1.807, 2.05) is 12.1 Å². The fourth-order valence-electron chi connectivity index (χ4n) is 3.12. The van der Waals surface area contributed by atoms with Gasteiger partial charge in [0.2, 0.25) is 0 Å². The number of carbonyl (C=O) groups excluding carboxylic acids is 2. The molecular formula is C21H14Cl3N3O4. The molecule has 0 bridgehead atoms. The number of furan rings is 1. The number of amides is 1. The molecule has 1 aliphatic heterocycles. The average Bonchev–Trinajstić information content (AvgIpc) is 3.41. The van der Waals surface area contributed by atoms with E-state index >= 15 is 0 Å². The normalized spacial score (nSPS) is 15.6. The summed E-state index contributed by atoms with van der Waals surface area (Å²) < 4.78 is 10.6. The lowest BCUT2D eigenvalue weighted by molar-refractivity contribution is -0.136. The second kappa shape index (κ2) is 9.09. The summed E-state index contributed by atoms with van der Waals surface area (Å²) in [5.41, 5.74) is 1.60. The van der Waals surface area contributed by atoms with Crippen LogP contribution in [0.25, 0.3) is 0 Å². The SMILES string of the molecule is O=C(OCC(=O)N1N=C(c2ccc(Cl)cc2)CC1c1ccco1)c1cc(Cl)nc(Cl)c1. The molecule has 31 heavy (non-hydrogen) atoms. The highest BCUT2D eigenvalue weighted by molar-refractivity contribution is 6.33. The average molecular weight is 479 g/mol. The number of nitrogens with zero attached hydrogens (tertiary/aromatic N) is 3. The van der Waals surface area contributed by atoms with Gasteiger partial charge in [-0.3, -0.25) is 4.79 Å². The molecule has 10 heteroatoms. The first kappa shape index (κ1) is 21.4. The highest BCUT2D eigenvalue weighted by Crippen LogP contribution is 2.33. The van der Waals surface area contributed by atoms with Crippen LogP contribution in [0, 0.1) is 0 Å². The Kier molecular flexibility index (Phi) is 6.27. The van der Waals surface area contributed by atoms with Crippen molar-refractivity contribution in [3.8, 4) is 0 Å². The summed E-state index contributed by atoms with van der Waals surface area (Å²) in [4.78, 5) is 28.9. The van der Waals surface area contributed by atoms with Crippen LogP contribution in [0.15, 0.2) is 64.3 Å². The van der Waals surface area contributed by atoms with Crippen LogP contribution in [0.5, 0.6) is 0 Å². The van der Waals surface area contributed by atoms with E-state index in [0.29, 0.717) is 22.9 Å². The number of halogens is 3. The van der Waals surface area contributed by atoms with Crippen molar-refractivity contribution in [2.24, 2.45) is 5.10 Å². The first-order valence-corrected chi connectivity index (χ1v) is 10.2. The van der Waals surface area contributed by atoms with E-state index in [-0.39, 0.29) is 15.9 Å². The number of hydrogen-bond donors (Lipinski definition) is 0. The molecule has 0 saturated carbocycles. The predicted octanol–water partition coefficient (Wildman–Crippen LogP) is 5.17. The van der Waals surface area contributed by atoms with Gasteiger partial charge in [-0.1, -0.05) is 46.9 Å². The van der Waals surface area contributed by atoms with E-state index in [4.69, 9.17) is 44.0 Å². The molecule has 0 N–H and O–H groups in total. The maximum absolute atomic E-state index is 12.9. The number of carbonyl (C=O) groups is 2. The van der Waals surface area contributed by atoms with Crippen molar-refractivity contribution in [2.45, 2.75) is 12.5 Å². The Morgan fingerprint density at radius 3 is 2.45 bits per heavy atom. The Balaban J connectivity index is 1.52. The minimum Gasteiger partial charge on any atom is -0.467 e. The number of pyridine rings is 1. The number of benzene rings is 1. The molecular weight excluding hydrogens is 465 g/mol. The summed E-state index contributed by atoms with van der Waals surface area (Å²) in [6, 6.07) is 12.8. The zero-order valence-corrected chi connectivity index (χ0v) is 18.1. The summed E-state index contributed by atoms with van der Waals surface area (Å²) in [5.74, 6) is -0.694. The zero-order valence-electron chi connectivity index (χ0n) is 15.8. The lowest BCUT2D eigenvalue weighted by atomic mass is 10.0. The smallest absolute Gasteiger partial charge is 0.338 e. The Hall–Kier alpha value is -2.87. The van der Waals surface area contributed by atoms with Gasteiger partial charge in [0.1, 0.15) is 22.1 Å². The second-order valence-corrected chi connectivity index (χ2v) is 7.82. The number of esters is 1. The van der Waals surface area contributed by atoms with Crippen molar-refractivity contribution in [2.75, 3.05) is 6.61 Å². The van der Waals surface area contributed by atoms with Gasteiger partial charge >= 0.3 is 5.97 Å². The third-order valence-corrected chi connectivity index (χ3v) is 5.18. The van der Waals surface area contributed by atoms with Gasteiger partial charge in [-0.2, -0.15) is 5.10 Å². The van der Waals surface area contributed by atoms with Gasteiger partial charge in [0.15, 0.2) is 6.61 Å². The van der Waals surface area contributed by atoms with E-state index < -0.39 is 24.5 Å². The minimum absolute atomic E-state index is 0.0420. The molecule has 0 fully saturated rings. The Morgan fingerprint density at radius 1 is 1.10 bits per heavy atom. The molecule has 3 aromatic rings. The van der Waals surface area contributed by atoms with Crippen molar-refractivity contribution in [3.63, 3.8) is 0 Å². The zero-order chi connectivity index (χ0) is 22.0. The molecule has 3 heterocycles. The molecule has 0 radical (unpaired) electrons. The van der Waals surface area contributed by atoms with Crippen LogP contribution in [-0.4, -0.2) is 34.2 Å². The van der Waals surface area contributed by atoms with Crippen molar-refractivity contribution < 1.29 is 18.7 Å². The topological polar surface area (TPSA) is 85.0 Å². The van der Waals surface area contributed by atoms with Gasteiger partial charge in [-0.05, 0) is 42.0 Å².